The van der Waals surface area contributed by atoms with Crippen molar-refractivity contribution in [2.24, 2.45) is 11.8 Å². The van der Waals surface area contributed by atoms with Gasteiger partial charge in [0.1, 0.15) is 0 Å². The molecule has 0 amide bonds. The molecule has 0 radical (unpaired) electrons. The molecule has 0 aromatic heterocycles. The van der Waals surface area contributed by atoms with Crippen molar-refractivity contribution in [3.63, 3.8) is 0 Å². The van der Waals surface area contributed by atoms with Crippen LogP contribution in [0.1, 0.15) is 37.2 Å². The topological polar surface area (TPSA) is 12.0 Å². The first-order valence-electron chi connectivity index (χ1n) is 7.70. The monoisotopic (exact) mass is 329 g/mol. The van der Waals surface area contributed by atoms with Crippen LogP contribution in [0.25, 0.3) is 0 Å². The number of hydrogen-bond donors (Lipinski definition) is 1. The van der Waals surface area contributed by atoms with E-state index in [0.29, 0.717) is 12.0 Å². The van der Waals surface area contributed by atoms with E-state index in [4.69, 9.17) is 0 Å². The number of anilines is 1. The summed E-state index contributed by atoms with van der Waals surface area (Å²) in [5.74, 6) is 2.15. The van der Waals surface area contributed by atoms with E-state index in [0.717, 1.165) is 11.8 Å². The van der Waals surface area contributed by atoms with Gasteiger partial charge in [0, 0.05) is 22.1 Å². The highest BCUT2D eigenvalue weighted by atomic mass is 79.9. The van der Waals surface area contributed by atoms with Crippen LogP contribution in [-0.2, 0) is 0 Å². The molecule has 0 saturated heterocycles. The van der Waals surface area contributed by atoms with E-state index in [1.165, 1.54) is 41.4 Å². The normalized spacial score (nSPS) is 34.5. The van der Waals surface area contributed by atoms with Gasteiger partial charge in [0.05, 0.1) is 0 Å². The van der Waals surface area contributed by atoms with Crippen LogP contribution in [0.4, 0.5) is 5.69 Å². The molecule has 2 heteroatoms. The molecule has 0 unspecified atom stereocenters. The van der Waals surface area contributed by atoms with Crippen molar-refractivity contribution < 1.29 is 0 Å². The molecule has 3 aliphatic rings. The molecule has 1 aromatic rings. The van der Waals surface area contributed by atoms with Gasteiger partial charge in [0.2, 0.25) is 0 Å². The molecule has 0 saturated carbocycles. The maximum Gasteiger partial charge on any atom is 0.0382 e. The highest BCUT2D eigenvalue weighted by Crippen LogP contribution is 2.48. The zero-order valence-electron chi connectivity index (χ0n) is 11.6. The van der Waals surface area contributed by atoms with Crippen molar-refractivity contribution >= 4 is 21.6 Å². The van der Waals surface area contributed by atoms with Gasteiger partial charge in [-0.3, -0.25) is 0 Å². The van der Waals surface area contributed by atoms with E-state index in [1.807, 2.05) is 0 Å². The van der Waals surface area contributed by atoms with Crippen molar-refractivity contribution in [3.05, 3.63) is 52.5 Å². The number of nitrogens with one attached hydrogen (secondary N) is 1. The molecule has 1 N–H and O–H groups in total. The summed E-state index contributed by atoms with van der Waals surface area (Å²) >= 11 is 3.62. The predicted octanol–water partition coefficient (Wildman–Crippen LogP) is 5.26. The van der Waals surface area contributed by atoms with Gasteiger partial charge in [-0.05, 0) is 61.3 Å². The molecule has 1 nitrogen and oxygen atoms in total. The van der Waals surface area contributed by atoms with E-state index in [9.17, 15) is 0 Å². The number of fused-ring (bicyclic) bond motifs is 3. The smallest absolute Gasteiger partial charge is 0.0382 e. The van der Waals surface area contributed by atoms with E-state index < -0.39 is 0 Å². The van der Waals surface area contributed by atoms with Gasteiger partial charge in [0.25, 0.3) is 0 Å². The first-order valence-corrected chi connectivity index (χ1v) is 8.50. The molecule has 0 fully saturated rings. The van der Waals surface area contributed by atoms with Crippen LogP contribution in [0.15, 0.2) is 47.0 Å². The summed E-state index contributed by atoms with van der Waals surface area (Å²) in [6, 6.07) is 7.33. The summed E-state index contributed by atoms with van der Waals surface area (Å²) < 4.78 is 1.19. The van der Waals surface area contributed by atoms with Gasteiger partial charge in [0.15, 0.2) is 0 Å². The summed E-state index contributed by atoms with van der Waals surface area (Å²) in [5.41, 5.74) is 2.82. The van der Waals surface area contributed by atoms with Gasteiger partial charge >= 0.3 is 0 Å². The first-order chi connectivity index (χ1) is 9.83. The molecule has 4 rings (SSSR count). The first kappa shape index (κ1) is 12.7. The van der Waals surface area contributed by atoms with Crippen LogP contribution in [-0.4, -0.2) is 6.04 Å². The van der Waals surface area contributed by atoms with Crippen LogP contribution in [0.2, 0.25) is 0 Å². The van der Waals surface area contributed by atoms with Gasteiger partial charge in [-0.2, -0.15) is 0 Å². The molecular formula is C18H20BrN. The average molecular weight is 330 g/mol. The van der Waals surface area contributed by atoms with Crippen molar-refractivity contribution in [3.8, 4) is 0 Å². The van der Waals surface area contributed by atoms with Crippen LogP contribution in [0.5, 0.6) is 0 Å². The predicted molar refractivity (Wildman–Crippen MR) is 88.0 cm³/mol. The maximum atomic E-state index is 3.87. The number of benzene rings is 1. The fraction of sp³-hybridized carbons (Fsp3) is 0.444. The molecule has 20 heavy (non-hydrogen) atoms. The third-order valence-corrected chi connectivity index (χ3v) is 5.68. The van der Waals surface area contributed by atoms with Crippen molar-refractivity contribution in [2.45, 2.75) is 37.6 Å². The Labute approximate surface area is 129 Å². The standard InChI is InChI=1S/C18H20BrN/c19-13-9-10-17-16(11-13)14-7-4-8-15(14)18(20-17)12-5-2-1-3-6-12/h1-2,4,7,9-12,14-15,18,20H,3,5-6,8H2/t12-,14+,15-,18-/m0/s1. The summed E-state index contributed by atoms with van der Waals surface area (Å²) in [6.07, 6.45) is 14.6. The molecular weight excluding hydrogens is 310 g/mol. The lowest BCUT2D eigenvalue weighted by molar-refractivity contribution is 0.294. The largest absolute Gasteiger partial charge is 0.381 e. The summed E-state index contributed by atoms with van der Waals surface area (Å²) in [4.78, 5) is 0. The van der Waals surface area contributed by atoms with Crippen LogP contribution >= 0.6 is 15.9 Å². The third-order valence-electron chi connectivity index (χ3n) is 5.19. The Kier molecular flexibility index (Phi) is 3.22. The molecule has 4 atom stereocenters. The Morgan fingerprint density at radius 2 is 2.05 bits per heavy atom. The fourth-order valence-electron chi connectivity index (χ4n) is 4.21. The maximum absolute atomic E-state index is 3.87. The van der Waals surface area contributed by atoms with Gasteiger partial charge in [-0.25, -0.2) is 0 Å². The quantitative estimate of drug-likeness (QED) is 0.693. The third kappa shape index (κ3) is 2.05. The lowest BCUT2D eigenvalue weighted by Gasteiger charge is -2.42. The Morgan fingerprint density at radius 1 is 1.10 bits per heavy atom. The molecule has 0 spiro atoms. The molecule has 1 aromatic carbocycles. The molecule has 1 aliphatic heterocycles. The zero-order chi connectivity index (χ0) is 13.5. The summed E-state index contributed by atoms with van der Waals surface area (Å²) in [5, 5.41) is 3.87. The Hall–Kier alpha value is -1.02. The second kappa shape index (κ2) is 5.07. The van der Waals surface area contributed by atoms with Crippen LogP contribution < -0.4 is 5.32 Å². The highest BCUT2D eigenvalue weighted by molar-refractivity contribution is 9.10. The van der Waals surface area contributed by atoms with Crippen molar-refractivity contribution in [1.29, 1.82) is 0 Å². The van der Waals surface area contributed by atoms with Crippen LogP contribution in [0.3, 0.4) is 0 Å². The van der Waals surface area contributed by atoms with Crippen LogP contribution in [0, 0.1) is 11.8 Å². The second-order valence-electron chi connectivity index (χ2n) is 6.30. The SMILES string of the molecule is Brc1ccc2c(c1)[C@@H]1C=CC[C@@H]1[C@H]([C@H]1CC=CCC1)N2. The number of allylic oxidation sites excluding steroid dienone is 4. The average Bonchev–Trinajstić information content (AvgIpc) is 2.97. The minimum Gasteiger partial charge on any atom is -0.381 e. The second-order valence-corrected chi connectivity index (χ2v) is 7.22. The van der Waals surface area contributed by atoms with E-state index in [-0.39, 0.29) is 0 Å². The Morgan fingerprint density at radius 3 is 2.90 bits per heavy atom. The van der Waals surface area contributed by atoms with Crippen molar-refractivity contribution in [2.75, 3.05) is 5.32 Å². The Balaban J connectivity index is 1.70. The summed E-state index contributed by atoms with van der Waals surface area (Å²) in [6.45, 7) is 0. The minimum atomic E-state index is 0.611. The summed E-state index contributed by atoms with van der Waals surface area (Å²) in [7, 11) is 0. The van der Waals surface area contributed by atoms with E-state index in [2.05, 4.69) is 63.7 Å². The Bertz CT molecular complexity index is 575. The van der Waals surface area contributed by atoms with E-state index >= 15 is 0 Å². The zero-order valence-corrected chi connectivity index (χ0v) is 13.1. The van der Waals surface area contributed by atoms with E-state index in [1.54, 1.807) is 0 Å². The fourth-order valence-corrected chi connectivity index (χ4v) is 4.59. The number of hydrogen-bond acceptors (Lipinski definition) is 1. The number of halogens is 1. The number of rotatable bonds is 1. The molecule has 104 valence electrons. The highest BCUT2D eigenvalue weighted by Gasteiger charge is 2.40. The van der Waals surface area contributed by atoms with Gasteiger partial charge in [-0.1, -0.05) is 40.2 Å². The van der Waals surface area contributed by atoms with Crippen molar-refractivity contribution in [1.82, 2.24) is 0 Å². The molecule has 1 heterocycles. The van der Waals surface area contributed by atoms with Gasteiger partial charge in [-0.15, -0.1) is 0 Å². The lowest BCUT2D eigenvalue weighted by Crippen LogP contribution is -2.41. The lowest BCUT2D eigenvalue weighted by atomic mass is 9.72. The molecule has 0 bridgehead atoms. The minimum absolute atomic E-state index is 0.611. The molecule has 2 aliphatic carbocycles. The van der Waals surface area contributed by atoms with Gasteiger partial charge < -0.3 is 5.32 Å².